The molecule has 0 aromatic heterocycles. The molecule has 3 nitrogen and oxygen atoms in total. The van der Waals surface area contributed by atoms with Crippen molar-refractivity contribution in [1.82, 2.24) is 4.90 Å². The van der Waals surface area contributed by atoms with E-state index < -0.39 is 0 Å². The lowest BCUT2D eigenvalue weighted by molar-refractivity contribution is 0.0139. The number of methoxy groups -OCH3 is 1. The third-order valence-corrected chi connectivity index (χ3v) is 3.94. The maximum atomic E-state index is 13.9. The Kier molecular flexibility index (Phi) is 6.26. The number of piperidine rings is 1. The molecule has 1 aliphatic heterocycles. The molecule has 0 bridgehead atoms. The van der Waals surface area contributed by atoms with Crippen LogP contribution in [0.5, 0.6) is 5.75 Å². The molecular formula is C15H21BrFNO2. The van der Waals surface area contributed by atoms with Crippen LogP contribution in [0.3, 0.4) is 0 Å². The SMILES string of the molecule is COc1ccc(CN2CCC(OCCBr)CC2)c(F)c1. The van der Waals surface area contributed by atoms with Crippen LogP contribution in [0.1, 0.15) is 18.4 Å². The van der Waals surface area contributed by atoms with Gasteiger partial charge in [-0.2, -0.15) is 0 Å². The van der Waals surface area contributed by atoms with Gasteiger partial charge in [0.15, 0.2) is 0 Å². The normalized spacial score (nSPS) is 17.4. The van der Waals surface area contributed by atoms with Crippen molar-refractivity contribution in [3.8, 4) is 5.75 Å². The number of benzene rings is 1. The van der Waals surface area contributed by atoms with Crippen molar-refractivity contribution < 1.29 is 13.9 Å². The second-order valence-corrected chi connectivity index (χ2v) is 5.79. The summed E-state index contributed by atoms with van der Waals surface area (Å²) in [4.78, 5) is 2.28. The van der Waals surface area contributed by atoms with E-state index in [2.05, 4.69) is 20.8 Å². The first-order valence-corrected chi connectivity index (χ1v) is 8.07. The molecule has 0 unspecified atom stereocenters. The van der Waals surface area contributed by atoms with Gasteiger partial charge in [-0.3, -0.25) is 4.90 Å². The number of alkyl halides is 1. The molecule has 0 saturated carbocycles. The summed E-state index contributed by atoms with van der Waals surface area (Å²) in [6.45, 7) is 3.33. The first-order valence-electron chi connectivity index (χ1n) is 6.95. The number of rotatable bonds is 6. The van der Waals surface area contributed by atoms with Crippen molar-refractivity contribution in [2.75, 3.05) is 32.1 Å². The van der Waals surface area contributed by atoms with Crippen molar-refractivity contribution in [3.63, 3.8) is 0 Å². The molecule has 20 heavy (non-hydrogen) atoms. The fourth-order valence-corrected chi connectivity index (χ4v) is 2.66. The monoisotopic (exact) mass is 345 g/mol. The molecule has 5 heteroatoms. The zero-order valence-corrected chi connectivity index (χ0v) is 13.4. The smallest absolute Gasteiger partial charge is 0.131 e. The second kappa shape index (κ2) is 7.96. The Morgan fingerprint density at radius 3 is 2.70 bits per heavy atom. The van der Waals surface area contributed by atoms with Crippen LogP contribution in [0.15, 0.2) is 18.2 Å². The van der Waals surface area contributed by atoms with E-state index >= 15 is 0 Å². The highest BCUT2D eigenvalue weighted by Crippen LogP contribution is 2.20. The van der Waals surface area contributed by atoms with Gasteiger partial charge in [-0.15, -0.1) is 0 Å². The summed E-state index contributed by atoms with van der Waals surface area (Å²) in [6.07, 6.45) is 2.39. The lowest BCUT2D eigenvalue weighted by Gasteiger charge is -2.31. The molecule has 0 radical (unpaired) electrons. The average molecular weight is 346 g/mol. The highest BCUT2D eigenvalue weighted by molar-refractivity contribution is 9.09. The Labute approximate surface area is 128 Å². The molecule has 0 N–H and O–H groups in total. The van der Waals surface area contributed by atoms with Gasteiger partial charge in [0.2, 0.25) is 0 Å². The molecule has 1 aliphatic rings. The van der Waals surface area contributed by atoms with Crippen molar-refractivity contribution in [1.29, 1.82) is 0 Å². The van der Waals surface area contributed by atoms with E-state index in [1.165, 1.54) is 6.07 Å². The third kappa shape index (κ3) is 4.43. The van der Waals surface area contributed by atoms with Crippen LogP contribution in [0.4, 0.5) is 4.39 Å². The van der Waals surface area contributed by atoms with Gasteiger partial charge in [0.05, 0.1) is 19.8 Å². The maximum Gasteiger partial charge on any atom is 0.131 e. The topological polar surface area (TPSA) is 21.7 Å². The summed E-state index contributed by atoms with van der Waals surface area (Å²) >= 11 is 3.36. The third-order valence-electron chi connectivity index (χ3n) is 3.62. The molecule has 1 aromatic carbocycles. The Morgan fingerprint density at radius 2 is 2.10 bits per heavy atom. The summed E-state index contributed by atoms with van der Waals surface area (Å²) in [5.74, 6) is 0.371. The summed E-state index contributed by atoms with van der Waals surface area (Å²) < 4.78 is 24.6. The van der Waals surface area contributed by atoms with Crippen molar-refractivity contribution in [2.45, 2.75) is 25.5 Å². The van der Waals surface area contributed by atoms with E-state index in [0.29, 0.717) is 18.4 Å². The fourth-order valence-electron chi connectivity index (χ4n) is 2.47. The van der Waals surface area contributed by atoms with Crippen LogP contribution in [0, 0.1) is 5.82 Å². The zero-order chi connectivity index (χ0) is 14.4. The molecule has 0 spiro atoms. The lowest BCUT2D eigenvalue weighted by Crippen LogP contribution is -2.37. The highest BCUT2D eigenvalue weighted by atomic mass is 79.9. The van der Waals surface area contributed by atoms with E-state index in [1.807, 2.05) is 12.1 Å². The zero-order valence-electron chi connectivity index (χ0n) is 11.8. The molecule has 112 valence electrons. The van der Waals surface area contributed by atoms with Gasteiger partial charge in [-0.1, -0.05) is 22.0 Å². The maximum absolute atomic E-state index is 13.9. The Bertz CT molecular complexity index is 422. The number of hydrogen-bond acceptors (Lipinski definition) is 3. The number of nitrogens with zero attached hydrogens (tertiary/aromatic N) is 1. The number of hydrogen-bond donors (Lipinski definition) is 0. The van der Waals surface area contributed by atoms with E-state index in [-0.39, 0.29) is 5.82 Å². The van der Waals surface area contributed by atoms with E-state index in [1.54, 1.807) is 7.11 Å². The minimum atomic E-state index is -0.193. The molecule has 1 aromatic rings. The Morgan fingerprint density at radius 1 is 1.35 bits per heavy atom. The molecular weight excluding hydrogens is 325 g/mol. The number of likely N-dealkylation sites (tertiary alicyclic amines) is 1. The van der Waals surface area contributed by atoms with E-state index in [4.69, 9.17) is 9.47 Å². The van der Waals surface area contributed by atoms with Gasteiger partial charge in [-0.25, -0.2) is 4.39 Å². The lowest BCUT2D eigenvalue weighted by atomic mass is 10.1. The van der Waals surface area contributed by atoms with Crippen molar-refractivity contribution in [3.05, 3.63) is 29.6 Å². The van der Waals surface area contributed by atoms with Gasteiger partial charge >= 0.3 is 0 Å². The Hall–Kier alpha value is -0.650. The largest absolute Gasteiger partial charge is 0.497 e. The van der Waals surface area contributed by atoms with Crippen molar-refractivity contribution >= 4 is 15.9 Å². The minimum Gasteiger partial charge on any atom is -0.497 e. The molecule has 0 aliphatic carbocycles. The van der Waals surface area contributed by atoms with Gasteiger partial charge in [0.1, 0.15) is 11.6 Å². The summed E-state index contributed by atoms with van der Waals surface area (Å²) in [6, 6.07) is 5.06. The van der Waals surface area contributed by atoms with E-state index in [0.717, 1.165) is 43.4 Å². The molecule has 0 amide bonds. The van der Waals surface area contributed by atoms with Gasteiger partial charge < -0.3 is 9.47 Å². The van der Waals surface area contributed by atoms with Crippen LogP contribution in [-0.4, -0.2) is 43.1 Å². The molecule has 1 saturated heterocycles. The van der Waals surface area contributed by atoms with Crippen LogP contribution < -0.4 is 4.74 Å². The number of ether oxygens (including phenoxy) is 2. The van der Waals surface area contributed by atoms with E-state index in [9.17, 15) is 4.39 Å². The van der Waals surface area contributed by atoms with Gasteiger partial charge in [-0.05, 0) is 18.9 Å². The average Bonchev–Trinajstić information content (AvgIpc) is 2.48. The van der Waals surface area contributed by atoms with Crippen molar-refractivity contribution in [2.24, 2.45) is 0 Å². The minimum absolute atomic E-state index is 0.193. The van der Waals surface area contributed by atoms with Crippen LogP contribution in [0.25, 0.3) is 0 Å². The Balaban J connectivity index is 1.83. The second-order valence-electron chi connectivity index (χ2n) is 4.99. The molecule has 0 atom stereocenters. The molecule has 1 heterocycles. The summed E-state index contributed by atoms with van der Waals surface area (Å²) in [7, 11) is 1.55. The predicted molar refractivity (Wildman–Crippen MR) is 81.0 cm³/mol. The highest BCUT2D eigenvalue weighted by Gasteiger charge is 2.20. The predicted octanol–water partition coefficient (Wildman–Crippen LogP) is 3.21. The molecule has 1 fully saturated rings. The van der Waals surface area contributed by atoms with Crippen LogP contribution in [-0.2, 0) is 11.3 Å². The quantitative estimate of drug-likeness (QED) is 0.739. The van der Waals surface area contributed by atoms with Gasteiger partial charge in [0.25, 0.3) is 0 Å². The molecule has 2 rings (SSSR count). The summed E-state index contributed by atoms with van der Waals surface area (Å²) in [5, 5.41) is 0.879. The first-order chi connectivity index (χ1) is 9.72. The van der Waals surface area contributed by atoms with Crippen LogP contribution >= 0.6 is 15.9 Å². The standard InChI is InChI=1S/C15H21BrFNO2/c1-19-14-3-2-12(15(17)10-14)11-18-7-4-13(5-8-18)20-9-6-16/h2-3,10,13H,4-9,11H2,1H3. The fraction of sp³-hybridized carbons (Fsp3) is 0.600. The number of halogens is 2. The first kappa shape index (κ1) is 15.7. The summed E-state index contributed by atoms with van der Waals surface area (Å²) in [5.41, 5.74) is 0.727. The van der Waals surface area contributed by atoms with Gasteiger partial charge in [0, 0.05) is 36.6 Å². The van der Waals surface area contributed by atoms with Crippen LogP contribution in [0.2, 0.25) is 0 Å².